The van der Waals surface area contributed by atoms with Crippen LogP contribution in [0.3, 0.4) is 0 Å². The number of nitrogens with zero attached hydrogens (tertiary/aromatic N) is 4. The van der Waals surface area contributed by atoms with E-state index in [1.54, 1.807) is 7.05 Å². The average Bonchev–Trinajstić information content (AvgIpc) is 3.15. The fourth-order valence-electron chi connectivity index (χ4n) is 2.84. The predicted octanol–water partition coefficient (Wildman–Crippen LogP) is -1.44. The van der Waals surface area contributed by atoms with Crippen LogP contribution in [0.2, 0.25) is 5.28 Å². The lowest BCUT2D eigenvalue weighted by Gasteiger charge is -2.19. The number of hydrogen-bond donors (Lipinski definition) is 5. The van der Waals surface area contributed by atoms with Gasteiger partial charge < -0.3 is 31.5 Å². The van der Waals surface area contributed by atoms with Gasteiger partial charge in [-0.3, -0.25) is 9.36 Å². The fourth-order valence-corrected chi connectivity index (χ4v) is 3.01. The van der Waals surface area contributed by atoms with Crippen molar-refractivity contribution in [3.8, 4) is 0 Å². The molecule has 0 radical (unpaired) electrons. The number of hydrogen-bond acceptors (Lipinski definition) is 8. The van der Waals surface area contributed by atoms with E-state index in [2.05, 4.69) is 30.9 Å². The molecule has 1 aliphatic heterocycles. The van der Waals surface area contributed by atoms with Gasteiger partial charge in [0.05, 0.1) is 12.4 Å². The second-order valence-electron chi connectivity index (χ2n) is 5.50. The zero-order valence-corrected chi connectivity index (χ0v) is 14.6. The molecule has 13 heteroatoms. The summed E-state index contributed by atoms with van der Waals surface area (Å²) >= 11 is 5.93. The summed E-state index contributed by atoms with van der Waals surface area (Å²) in [5, 5.41) is 18.2. The van der Waals surface area contributed by atoms with E-state index in [0.717, 1.165) is 0 Å². The second-order valence-corrected chi connectivity index (χ2v) is 5.84. The summed E-state index contributed by atoms with van der Waals surface area (Å²) in [5.74, 6) is -0.140. The van der Waals surface area contributed by atoms with Gasteiger partial charge in [-0.2, -0.15) is 9.97 Å². The van der Waals surface area contributed by atoms with Crippen LogP contribution in [-0.4, -0.2) is 68.9 Å². The van der Waals surface area contributed by atoms with E-state index < -0.39 is 36.4 Å². The molecule has 2 aromatic heterocycles. The SMILES string of the molecule is CNC(=O)C1OC(n2cnc3c(NC)nc(Cl)nc32)C(O)C1NC(N)=O. The minimum Gasteiger partial charge on any atom is -0.386 e. The molecule has 1 saturated heterocycles. The Morgan fingerprint density at radius 1 is 1.38 bits per heavy atom. The highest BCUT2D eigenvalue weighted by Gasteiger charge is 2.49. The Bertz CT molecular complexity index is 858. The van der Waals surface area contributed by atoms with Crippen molar-refractivity contribution in [2.24, 2.45) is 5.73 Å². The average molecular weight is 385 g/mol. The highest BCUT2D eigenvalue weighted by Crippen LogP contribution is 2.33. The number of anilines is 1. The molecule has 12 nitrogen and oxygen atoms in total. The van der Waals surface area contributed by atoms with Crippen LogP contribution < -0.4 is 21.7 Å². The van der Waals surface area contributed by atoms with E-state index in [4.69, 9.17) is 22.1 Å². The first kappa shape index (κ1) is 18.1. The number of likely N-dealkylation sites (N-methyl/N-ethyl adjacent to an activating group) is 1. The van der Waals surface area contributed by atoms with Gasteiger partial charge in [0.2, 0.25) is 5.28 Å². The van der Waals surface area contributed by atoms with Crippen molar-refractivity contribution in [3.63, 3.8) is 0 Å². The maximum absolute atomic E-state index is 12.1. The molecule has 0 aliphatic carbocycles. The third kappa shape index (κ3) is 2.98. The lowest BCUT2D eigenvalue weighted by molar-refractivity contribution is -0.134. The van der Waals surface area contributed by atoms with Gasteiger partial charge in [-0.1, -0.05) is 0 Å². The lowest BCUT2D eigenvalue weighted by atomic mass is 10.1. The van der Waals surface area contributed by atoms with Crippen LogP contribution in [0.4, 0.5) is 10.6 Å². The first-order valence-electron chi connectivity index (χ1n) is 7.56. The molecule has 2 aromatic rings. The number of urea groups is 1. The molecule has 0 aromatic carbocycles. The number of carbonyl (C=O) groups excluding carboxylic acids is 2. The van der Waals surface area contributed by atoms with E-state index in [1.807, 2.05) is 0 Å². The van der Waals surface area contributed by atoms with Crippen LogP contribution in [0.25, 0.3) is 11.2 Å². The number of aliphatic hydroxyl groups is 1. The smallest absolute Gasteiger partial charge is 0.312 e. The standard InChI is InChI=1S/C13H17ClN8O4/c1-16-8-5-9(21-12(14)20-8)22(3-18-5)11-6(23)4(19-13(15)25)7(26-11)10(24)17-2/h3-4,6-7,11,23H,1-2H3,(H,17,24)(H3,15,19,25)(H,16,20,21). The normalized spacial score (nSPS) is 25.2. The maximum atomic E-state index is 12.1. The Balaban J connectivity index is 2.04. The van der Waals surface area contributed by atoms with Crippen molar-refractivity contribution in [3.05, 3.63) is 11.6 Å². The summed E-state index contributed by atoms with van der Waals surface area (Å²) < 4.78 is 7.08. The number of imidazole rings is 1. The molecule has 26 heavy (non-hydrogen) atoms. The van der Waals surface area contributed by atoms with Gasteiger partial charge in [0.25, 0.3) is 5.91 Å². The van der Waals surface area contributed by atoms with Gasteiger partial charge in [-0.25, -0.2) is 9.78 Å². The summed E-state index contributed by atoms with van der Waals surface area (Å²) in [6.45, 7) is 0. The van der Waals surface area contributed by atoms with E-state index in [9.17, 15) is 14.7 Å². The topological polar surface area (TPSA) is 169 Å². The summed E-state index contributed by atoms with van der Waals surface area (Å²) in [7, 11) is 3.05. The van der Waals surface area contributed by atoms with Crippen LogP contribution in [0.5, 0.6) is 0 Å². The molecule has 0 saturated carbocycles. The number of amides is 3. The maximum Gasteiger partial charge on any atom is 0.312 e. The first-order chi connectivity index (χ1) is 12.4. The predicted molar refractivity (Wildman–Crippen MR) is 90.4 cm³/mol. The zero-order valence-electron chi connectivity index (χ0n) is 13.8. The molecule has 0 spiro atoms. The van der Waals surface area contributed by atoms with Crippen LogP contribution in [0.1, 0.15) is 6.23 Å². The minimum absolute atomic E-state index is 0.0363. The number of halogens is 1. The van der Waals surface area contributed by atoms with Crippen LogP contribution in [0.15, 0.2) is 6.33 Å². The highest BCUT2D eigenvalue weighted by molar-refractivity contribution is 6.28. The van der Waals surface area contributed by atoms with Crippen LogP contribution >= 0.6 is 11.6 Å². The van der Waals surface area contributed by atoms with Gasteiger partial charge >= 0.3 is 6.03 Å². The summed E-state index contributed by atoms with van der Waals surface area (Å²) in [5.41, 5.74) is 5.82. The molecule has 1 fully saturated rings. The number of nitrogens with one attached hydrogen (secondary N) is 3. The Morgan fingerprint density at radius 3 is 2.73 bits per heavy atom. The number of aliphatic hydroxyl groups excluding tert-OH is 1. The molecule has 6 N–H and O–H groups in total. The van der Waals surface area contributed by atoms with Crippen molar-refractivity contribution in [1.29, 1.82) is 0 Å². The Kier molecular flexibility index (Phi) is 4.80. The quantitative estimate of drug-likeness (QED) is 0.399. The second kappa shape index (κ2) is 6.90. The molecular weight excluding hydrogens is 368 g/mol. The Morgan fingerprint density at radius 2 is 2.12 bits per heavy atom. The van der Waals surface area contributed by atoms with Gasteiger partial charge in [-0.15, -0.1) is 0 Å². The number of aromatic nitrogens is 4. The third-order valence-corrected chi connectivity index (χ3v) is 4.16. The first-order valence-corrected chi connectivity index (χ1v) is 7.94. The number of primary amides is 1. The van der Waals surface area contributed by atoms with Crippen molar-refractivity contribution in [2.45, 2.75) is 24.5 Å². The van der Waals surface area contributed by atoms with E-state index >= 15 is 0 Å². The molecule has 3 amide bonds. The summed E-state index contributed by atoms with van der Waals surface area (Å²) in [6, 6.07) is -1.96. The number of carbonyl (C=O) groups is 2. The molecule has 4 atom stereocenters. The molecule has 4 unspecified atom stereocenters. The zero-order chi connectivity index (χ0) is 19.0. The molecule has 1 aliphatic rings. The number of rotatable bonds is 4. The number of fused-ring (bicyclic) bond motifs is 1. The molecule has 3 heterocycles. The fraction of sp³-hybridized carbons (Fsp3) is 0.462. The number of ether oxygens (including phenoxy) is 1. The van der Waals surface area contributed by atoms with E-state index in [1.165, 1.54) is 17.9 Å². The van der Waals surface area contributed by atoms with Crippen LogP contribution in [0, 0.1) is 0 Å². The molecule has 0 bridgehead atoms. The van der Waals surface area contributed by atoms with Gasteiger partial charge in [0.15, 0.2) is 29.3 Å². The van der Waals surface area contributed by atoms with Gasteiger partial charge in [0.1, 0.15) is 6.10 Å². The molecular formula is C13H17ClN8O4. The van der Waals surface area contributed by atoms with E-state index in [0.29, 0.717) is 11.3 Å². The number of nitrogens with two attached hydrogens (primary N) is 1. The van der Waals surface area contributed by atoms with Gasteiger partial charge in [-0.05, 0) is 11.6 Å². The van der Waals surface area contributed by atoms with Crippen molar-refractivity contribution in [2.75, 3.05) is 19.4 Å². The third-order valence-electron chi connectivity index (χ3n) is 3.99. The monoisotopic (exact) mass is 384 g/mol. The van der Waals surface area contributed by atoms with E-state index in [-0.39, 0.29) is 10.9 Å². The minimum atomic E-state index is -1.30. The largest absolute Gasteiger partial charge is 0.386 e. The van der Waals surface area contributed by atoms with Crippen molar-refractivity contribution in [1.82, 2.24) is 30.2 Å². The lowest BCUT2D eigenvalue weighted by Crippen LogP contribution is -2.53. The molecule has 3 rings (SSSR count). The Labute approximate surface area is 152 Å². The van der Waals surface area contributed by atoms with Crippen molar-refractivity contribution < 1.29 is 19.4 Å². The van der Waals surface area contributed by atoms with Crippen molar-refractivity contribution >= 4 is 40.5 Å². The van der Waals surface area contributed by atoms with Crippen LogP contribution in [-0.2, 0) is 9.53 Å². The Hall–Kier alpha value is -2.70. The highest BCUT2D eigenvalue weighted by atomic mass is 35.5. The summed E-state index contributed by atoms with van der Waals surface area (Å²) in [4.78, 5) is 35.6. The molecule has 140 valence electrons. The summed E-state index contributed by atoms with van der Waals surface area (Å²) in [6.07, 6.45) is -2.15. The van der Waals surface area contributed by atoms with Gasteiger partial charge in [0, 0.05) is 14.1 Å².